The molecule has 0 aliphatic carbocycles. The van der Waals surface area contributed by atoms with Gasteiger partial charge in [-0.2, -0.15) is 0 Å². The van der Waals surface area contributed by atoms with Crippen molar-refractivity contribution in [2.45, 2.75) is 0 Å². The first-order chi connectivity index (χ1) is 8.06. The molecule has 0 amide bonds. The molecular weight excluding hydrogens is 263 g/mol. The molecular formula is C11H6Cl2N2O2. The Hall–Kier alpha value is -1.65. The van der Waals surface area contributed by atoms with Crippen molar-refractivity contribution >= 4 is 29.2 Å². The van der Waals surface area contributed by atoms with Crippen molar-refractivity contribution in [3.8, 4) is 11.4 Å². The summed E-state index contributed by atoms with van der Waals surface area (Å²) in [4.78, 5) is 18.7. The zero-order valence-corrected chi connectivity index (χ0v) is 9.90. The number of aromatic carboxylic acids is 1. The monoisotopic (exact) mass is 268 g/mol. The van der Waals surface area contributed by atoms with Crippen molar-refractivity contribution in [3.05, 3.63) is 46.2 Å². The van der Waals surface area contributed by atoms with Crippen LogP contribution in [0.3, 0.4) is 0 Å². The Morgan fingerprint density at radius 3 is 2.35 bits per heavy atom. The Bertz CT molecular complexity index is 570. The SMILES string of the molecule is O=C(O)c1cc(Cl)nc(-c2ccc(Cl)cc2)n1. The molecule has 0 atom stereocenters. The van der Waals surface area contributed by atoms with Crippen LogP contribution in [0.25, 0.3) is 11.4 Å². The summed E-state index contributed by atoms with van der Waals surface area (Å²) >= 11 is 11.5. The number of hydrogen-bond donors (Lipinski definition) is 1. The van der Waals surface area contributed by atoms with Crippen LogP contribution in [0.5, 0.6) is 0 Å². The lowest BCUT2D eigenvalue weighted by molar-refractivity contribution is 0.0690. The smallest absolute Gasteiger partial charge is 0.354 e. The highest BCUT2D eigenvalue weighted by molar-refractivity contribution is 6.30. The van der Waals surface area contributed by atoms with Crippen LogP contribution in [0, 0.1) is 0 Å². The molecule has 0 unspecified atom stereocenters. The van der Waals surface area contributed by atoms with Gasteiger partial charge in [0.2, 0.25) is 0 Å². The van der Waals surface area contributed by atoms with Crippen molar-refractivity contribution in [1.82, 2.24) is 9.97 Å². The van der Waals surface area contributed by atoms with E-state index in [9.17, 15) is 4.79 Å². The molecule has 0 aliphatic rings. The van der Waals surface area contributed by atoms with Crippen LogP contribution in [0.4, 0.5) is 0 Å². The zero-order valence-electron chi connectivity index (χ0n) is 8.39. The standard InChI is InChI=1S/C11H6Cl2N2O2/c12-7-3-1-6(2-4-7)10-14-8(11(16)17)5-9(13)15-10/h1-5H,(H,16,17). The summed E-state index contributed by atoms with van der Waals surface area (Å²) in [6.07, 6.45) is 0. The van der Waals surface area contributed by atoms with Crippen LogP contribution >= 0.6 is 23.2 Å². The van der Waals surface area contributed by atoms with Crippen molar-refractivity contribution in [3.63, 3.8) is 0 Å². The molecule has 0 radical (unpaired) electrons. The van der Waals surface area contributed by atoms with Gasteiger partial charge in [0.05, 0.1) is 0 Å². The van der Waals surface area contributed by atoms with E-state index in [-0.39, 0.29) is 16.7 Å². The van der Waals surface area contributed by atoms with Gasteiger partial charge < -0.3 is 5.11 Å². The molecule has 0 fully saturated rings. The van der Waals surface area contributed by atoms with Crippen LogP contribution in [0.15, 0.2) is 30.3 Å². The summed E-state index contributed by atoms with van der Waals surface area (Å²) in [5.74, 6) is -0.893. The topological polar surface area (TPSA) is 63.1 Å². The van der Waals surface area contributed by atoms with Crippen LogP contribution in [0.2, 0.25) is 10.2 Å². The van der Waals surface area contributed by atoms with Gasteiger partial charge in [-0.15, -0.1) is 0 Å². The molecule has 0 saturated carbocycles. The zero-order chi connectivity index (χ0) is 12.4. The van der Waals surface area contributed by atoms with Gasteiger partial charge in [-0.05, 0) is 24.3 Å². The lowest BCUT2D eigenvalue weighted by Crippen LogP contribution is -2.03. The fourth-order valence-electron chi connectivity index (χ4n) is 1.26. The van der Waals surface area contributed by atoms with Crippen molar-refractivity contribution in [2.75, 3.05) is 0 Å². The van der Waals surface area contributed by atoms with Crippen LogP contribution in [-0.2, 0) is 0 Å². The normalized spacial score (nSPS) is 10.2. The average molecular weight is 269 g/mol. The van der Waals surface area contributed by atoms with E-state index in [0.717, 1.165) is 0 Å². The number of hydrogen-bond acceptors (Lipinski definition) is 3. The summed E-state index contributed by atoms with van der Waals surface area (Å²) in [7, 11) is 0. The van der Waals surface area contributed by atoms with E-state index >= 15 is 0 Å². The van der Waals surface area contributed by atoms with Gasteiger partial charge in [-0.25, -0.2) is 14.8 Å². The number of rotatable bonds is 2. The Labute approximate surface area is 107 Å². The van der Waals surface area contributed by atoms with Gasteiger partial charge >= 0.3 is 5.97 Å². The van der Waals surface area contributed by atoms with Crippen LogP contribution in [0.1, 0.15) is 10.5 Å². The number of halogens is 2. The second-order valence-electron chi connectivity index (χ2n) is 3.21. The third kappa shape index (κ3) is 2.72. The maximum Gasteiger partial charge on any atom is 0.354 e. The maximum atomic E-state index is 10.8. The number of nitrogens with zero attached hydrogens (tertiary/aromatic N) is 2. The Morgan fingerprint density at radius 1 is 1.12 bits per heavy atom. The number of carbonyl (C=O) groups is 1. The van der Waals surface area contributed by atoms with Crippen molar-refractivity contribution in [1.29, 1.82) is 0 Å². The van der Waals surface area contributed by atoms with Gasteiger partial charge in [0.25, 0.3) is 0 Å². The Morgan fingerprint density at radius 2 is 1.76 bits per heavy atom. The second-order valence-corrected chi connectivity index (χ2v) is 4.04. The summed E-state index contributed by atoms with van der Waals surface area (Å²) in [6.45, 7) is 0. The molecule has 86 valence electrons. The molecule has 2 rings (SSSR count). The third-order valence-electron chi connectivity index (χ3n) is 2.02. The van der Waals surface area contributed by atoms with E-state index in [0.29, 0.717) is 10.6 Å². The maximum absolute atomic E-state index is 10.8. The predicted octanol–water partition coefficient (Wildman–Crippen LogP) is 3.15. The summed E-state index contributed by atoms with van der Waals surface area (Å²) in [6, 6.07) is 7.92. The molecule has 0 saturated heterocycles. The number of benzene rings is 1. The number of carboxylic acid groups (broad SMARTS) is 1. The van der Waals surface area contributed by atoms with Crippen LogP contribution in [-0.4, -0.2) is 21.0 Å². The van der Waals surface area contributed by atoms with Crippen molar-refractivity contribution < 1.29 is 9.90 Å². The fourth-order valence-corrected chi connectivity index (χ4v) is 1.56. The molecule has 1 aromatic carbocycles. The molecule has 1 aromatic heterocycles. The minimum atomic E-state index is -1.15. The van der Waals surface area contributed by atoms with Gasteiger partial charge in [0, 0.05) is 16.7 Å². The Kier molecular flexibility index (Phi) is 3.26. The minimum Gasteiger partial charge on any atom is -0.477 e. The molecule has 0 spiro atoms. The van der Waals surface area contributed by atoms with Gasteiger partial charge in [-0.3, -0.25) is 0 Å². The lowest BCUT2D eigenvalue weighted by Gasteiger charge is -2.02. The van der Waals surface area contributed by atoms with Crippen LogP contribution < -0.4 is 0 Å². The van der Waals surface area contributed by atoms with Crippen molar-refractivity contribution in [2.24, 2.45) is 0 Å². The van der Waals surface area contributed by atoms with E-state index in [1.165, 1.54) is 6.07 Å². The summed E-state index contributed by atoms with van der Waals surface area (Å²) < 4.78 is 0. The average Bonchev–Trinajstić information content (AvgIpc) is 2.29. The molecule has 1 N–H and O–H groups in total. The molecule has 17 heavy (non-hydrogen) atoms. The van der Waals surface area contributed by atoms with E-state index in [1.54, 1.807) is 24.3 Å². The fraction of sp³-hybridized carbons (Fsp3) is 0. The van der Waals surface area contributed by atoms with Gasteiger partial charge in [-0.1, -0.05) is 23.2 Å². The third-order valence-corrected chi connectivity index (χ3v) is 2.46. The number of carboxylic acids is 1. The molecule has 6 heteroatoms. The Balaban J connectivity index is 2.51. The largest absolute Gasteiger partial charge is 0.477 e. The summed E-state index contributed by atoms with van der Waals surface area (Å²) in [5.41, 5.74) is 0.509. The van der Waals surface area contributed by atoms with E-state index in [4.69, 9.17) is 28.3 Å². The molecule has 1 heterocycles. The first-order valence-electron chi connectivity index (χ1n) is 4.60. The second kappa shape index (κ2) is 4.69. The van der Waals surface area contributed by atoms with Gasteiger partial charge in [0.1, 0.15) is 5.15 Å². The van der Waals surface area contributed by atoms with E-state index in [2.05, 4.69) is 9.97 Å². The predicted molar refractivity (Wildman–Crippen MR) is 64.4 cm³/mol. The number of aromatic nitrogens is 2. The first kappa shape index (κ1) is 11.8. The summed E-state index contributed by atoms with van der Waals surface area (Å²) in [5, 5.41) is 9.52. The quantitative estimate of drug-likeness (QED) is 0.850. The highest BCUT2D eigenvalue weighted by Gasteiger charge is 2.10. The highest BCUT2D eigenvalue weighted by Crippen LogP contribution is 2.20. The first-order valence-corrected chi connectivity index (χ1v) is 5.35. The minimum absolute atomic E-state index is 0.0855. The van der Waals surface area contributed by atoms with E-state index < -0.39 is 5.97 Å². The van der Waals surface area contributed by atoms with Gasteiger partial charge in [0.15, 0.2) is 11.5 Å². The highest BCUT2D eigenvalue weighted by atomic mass is 35.5. The molecule has 2 aromatic rings. The van der Waals surface area contributed by atoms with E-state index in [1.807, 2.05) is 0 Å². The lowest BCUT2D eigenvalue weighted by atomic mass is 10.2. The molecule has 4 nitrogen and oxygen atoms in total. The molecule has 0 bridgehead atoms. The molecule has 0 aliphatic heterocycles.